The molecule has 56 heavy (non-hydrogen) atoms. The van der Waals surface area contributed by atoms with Crippen LogP contribution in [0.2, 0.25) is 0 Å². The van der Waals surface area contributed by atoms with E-state index in [1.807, 2.05) is 0 Å². The highest BCUT2D eigenvalue weighted by atomic mass is 16.3. The molecule has 4 saturated carbocycles. The molecule has 4 aliphatic carbocycles. The summed E-state index contributed by atoms with van der Waals surface area (Å²) in [7, 11) is 2.06. The quantitative estimate of drug-likeness (QED) is 0.0517. The molecule has 324 valence electrons. The van der Waals surface area contributed by atoms with Crippen LogP contribution in [0.4, 0.5) is 0 Å². The molecule has 0 radical (unpaired) electrons. The van der Waals surface area contributed by atoms with Gasteiger partial charge >= 0.3 is 0 Å². The maximum absolute atomic E-state index is 12.9. The molecule has 0 aromatic rings. The van der Waals surface area contributed by atoms with E-state index in [4.69, 9.17) is 0 Å². The van der Waals surface area contributed by atoms with Gasteiger partial charge in [-0.25, -0.2) is 0 Å². The number of allylic oxidation sites excluding steroid dienone is 2. The Bertz CT molecular complexity index is 1180. The fraction of sp³-hybridized carbons (Fsp3) is 0.918. The lowest BCUT2D eigenvalue weighted by atomic mass is 9.41. The number of nitrogens with one attached hydrogen (secondary N) is 2. The van der Waals surface area contributed by atoms with E-state index in [1.165, 1.54) is 96.3 Å². The van der Waals surface area contributed by atoms with Crippen molar-refractivity contribution in [2.75, 3.05) is 33.2 Å². The highest BCUT2D eigenvalue weighted by Gasteiger charge is 2.64. The van der Waals surface area contributed by atoms with Crippen LogP contribution in [-0.4, -0.2) is 72.4 Å². The van der Waals surface area contributed by atoms with Crippen LogP contribution in [0.1, 0.15) is 189 Å². The van der Waals surface area contributed by atoms with Gasteiger partial charge in [0.2, 0.25) is 11.8 Å². The average molecular weight is 784 g/mol. The molecule has 2 amide bonds. The second kappa shape index (κ2) is 24.0. The Morgan fingerprint density at radius 3 is 1.95 bits per heavy atom. The van der Waals surface area contributed by atoms with Gasteiger partial charge < -0.3 is 25.7 Å². The summed E-state index contributed by atoms with van der Waals surface area (Å²) >= 11 is 0. The van der Waals surface area contributed by atoms with Gasteiger partial charge in [0.15, 0.2) is 0 Å². The summed E-state index contributed by atoms with van der Waals surface area (Å²) in [4.78, 5) is 27.5. The molecule has 11 atom stereocenters. The van der Waals surface area contributed by atoms with Crippen molar-refractivity contribution < 1.29 is 19.8 Å². The van der Waals surface area contributed by atoms with Gasteiger partial charge in [-0.2, -0.15) is 0 Å². The normalized spacial score (nSPS) is 33.2. The lowest BCUT2D eigenvalue weighted by Crippen LogP contribution is -2.62. The molecule has 0 aromatic heterocycles. The first kappa shape index (κ1) is 47.2. The van der Waals surface area contributed by atoms with E-state index in [2.05, 4.69) is 69.4 Å². The number of likely N-dealkylation sites (N-methyl/N-ethyl adjacent to an activating group) is 1. The molecular formula is C49H89N3O4. The van der Waals surface area contributed by atoms with E-state index >= 15 is 0 Å². The summed E-state index contributed by atoms with van der Waals surface area (Å²) < 4.78 is 0. The van der Waals surface area contributed by atoms with E-state index in [0.29, 0.717) is 67.4 Å². The zero-order valence-electron chi connectivity index (χ0n) is 37.3. The fourth-order valence-electron chi connectivity index (χ4n) is 12.9. The topological polar surface area (TPSA) is 102 Å². The summed E-state index contributed by atoms with van der Waals surface area (Å²) in [6.07, 6.45) is 31.6. The van der Waals surface area contributed by atoms with Crippen LogP contribution < -0.4 is 10.6 Å². The van der Waals surface area contributed by atoms with Crippen LogP contribution >= 0.6 is 0 Å². The van der Waals surface area contributed by atoms with Crippen molar-refractivity contribution in [3.8, 4) is 0 Å². The van der Waals surface area contributed by atoms with E-state index in [-0.39, 0.29) is 34.9 Å². The Morgan fingerprint density at radius 1 is 0.732 bits per heavy atom. The standard InChI is InChI=1S/C49H89N3O4/c1-7-9-10-11-12-13-14-15-16-17-18-19-20-21-22-23-44(54)50-32-34-52(6)35-33-51-45(55)27-24-37(3)40-25-26-41-46-42(29-31-48(40,41)4)49(5)30-28-38(53)36-43(49)39(8-2)47(46)56/h15-16,37-43,46-47,53,56H,7-14,17-36H2,1-6H3,(H,50,54)(H,51,55)/t37-,38-,39-,40?,41+,42+,43+,46+,47-,48-,49-/m1/s1. The third-order valence-corrected chi connectivity index (χ3v) is 16.3. The molecule has 0 aliphatic heterocycles. The van der Waals surface area contributed by atoms with Crippen LogP contribution in [0.3, 0.4) is 0 Å². The number of aliphatic hydroxyl groups is 2. The van der Waals surface area contributed by atoms with Crippen molar-refractivity contribution >= 4 is 11.8 Å². The van der Waals surface area contributed by atoms with Gasteiger partial charge in [-0.15, -0.1) is 0 Å². The van der Waals surface area contributed by atoms with Gasteiger partial charge in [0, 0.05) is 39.0 Å². The molecule has 0 saturated heterocycles. The molecule has 4 rings (SSSR count). The average Bonchev–Trinajstić information content (AvgIpc) is 3.53. The Kier molecular flexibility index (Phi) is 20.2. The van der Waals surface area contributed by atoms with E-state index in [9.17, 15) is 19.8 Å². The largest absolute Gasteiger partial charge is 0.393 e. The molecule has 1 unspecified atom stereocenters. The van der Waals surface area contributed by atoms with Gasteiger partial charge in [-0.05, 0) is 143 Å². The molecule has 0 spiro atoms. The lowest BCUT2D eigenvalue weighted by Gasteiger charge is -2.64. The van der Waals surface area contributed by atoms with Crippen LogP contribution in [0.15, 0.2) is 12.2 Å². The number of hydrogen-bond acceptors (Lipinski definition) is 5. The number of fused-ring (bicyclic) bond motifs is 5. The molecule has 0 aromatic carbocycles. The van der Waals surface area contributed by atoms with Crippen LogP contribution in [0, 0.1) is 52.3 Å². The van der Waals surface area contributed by atoms with Gasteiger partial charge in [0.05, 0.1) is 12.2 Å². The smallest absolute Gasteiger partial charge is 0.220 e. The molecule has 7 nitrogen and oxygen atoms in total. The number of hydrogen-bond donors (Lipinski definition) is 4. The Balaban J connectivity index is 1.03. The lowest BCUT2D eigenvalue weighted by molar-refractivity contribution is -0.203. The molecular weight excluding hydrogens is 695 g/mol. The maximum atomic E-state index is 12.9. The predicted octanol–water partition coefficient (Wildman–Crippen LogP) is 10.2. The number of unbranched alkanes of at least 4 members (excludes halogenated alkanes) is 11. The minimum atomic E-state index is -0.255. The van der Waals surface area contributed by atoms with Crippen molar-refractivity contribution in [2.24, 2.45) is 52.3 Å². The predicted molar refractivity (Wildman–Crippen MR) is 233 cm³/mol. The third-order valence-electron chi connectivity index (χ3n) is 16.3. The molecule has 4 fully saturated rings. The Morgan fingerprint density at radius 2 is 1.30 bits per heavy atom. The summed E-state index contributed by atoms with van der Waals surface area (Å²) in [6, 6.07) is 0. The van der Waals surface area contributed by atoms with Crippen molar-refractivity contribution in [2.45, 2.75) is 201 Å². The van der Waals surface area contributed by atoms with Crippen molar-refractivity contribution in [1.29, 1.82) is 0 Å². The first-order valence-electron chi connectivity index (χ1n) is 24.2. The zero-order valence-corrected chi connectivity index (χ0v) is 37.3. The van der Waals surface area contributed by atoms with Crippen LogP contribution in [-0.2, 0) is 9.59 Å². The van der Waals surface area contributed by atoms with Crippen LogP contribution in [0.25, 0.3) is 0 Å². The highest BCUT2D eigenvalue weighted by molar-refractivity contribution is 5.76. The number of carbonyl (C=O) groups is 2. The van der Waals surface area contributed by atoms with Crippen molar-refractivity contribution in [3.63, 3.8) is 0 Å². The summed E-state index contributed by atoms with van der Waals surface area (Å²) in [5.74, 6) is 3.61. The third kappa shape index (κ3) is 13.0. The number of carbonyl (C=O) groups excluding carboxylic acids is 2. The monoisotopic (exact) mass is 784 g/mol. The molecule has 7 heteroatoms. The van der Waals surface area contributed by atoms with Gasteiger partial charge in [0.1, 0.15) is 0 Å². The number of rotatable bonds is 26. The summed E-state index contributed by atoms with van der Waals surface area (Å²) in [5.41, 5.74) is 0.467. The summed E-state index contributed by atoms with van der Waals surface area (Å²) in [5, 5.41) is 28.9. The second-order valence-electron chi connectivity index (χ2n) is 20.0. The molecule has 0 bridgehead atoms. The molecule has 4 N–H and O–H groups in total. The molecule has 4 aliphatic rings. The molecule has 0 heterocycles. The van der Waals surface area contributed by atoms with E-state index in [1.54, 1.807) is 0 Å². The number of amides is 2. The van der Waals surface area contributed by atoms with Crippen LogP contribution in [0.5, 0.6) is 0 Å². The Hall–Kier alpha value is -1.44. The van der Waals surface area contributed by atoms with Crippen molar-refractivity contribution in [1.82, 2.24) is 15.5 Å². The number of aliphatic hydroxyl groups excluding tert-OH is 2. The maximum Gasteiger partial charge on any atom is 0.220 e. The summed E-state index contributed by atoms with van der Waals surface area (Å²) in [6.45, 7) is 14.8. The minimum absolute atomic E-state index is 0.147. The number of nitrogens with zero attached hydrogens (tertiary/aromatic N) is 1. The SMILES string of the molecule is CCCCCCCCC=CCCCCCCCC(=O)NCCN(C)CCNC(=O)CC[C@@H](C)C1CC[C@H]2[C@@H]3[C@H](O)[C@H](CC)[C@@H]4C[C@H](O)CC[C@]4(C)[C@H]3CC[C@]12C. The second-order valence-corrected chi connectivity index (χ2v) is 20.0. The fourth-order valence-corrected chi connectivity index (χ4v) is 12.9. The van der Waals surface area contributed by atoms with Gasteiger partial charge in [-0.3, -0.25) is 9.59 Å². The zero-order chi connectivity index (χ0) is 40.6. The van der Waals surface area contributed by atoms with Gasteiger partial charge in [-0.1, -0.05) is 105 Å². The van der Waals surface area contributed by atoms with Crippen molar-refractivity contribution in [3.05, 3.63) is 12.2 Å². The van der Waals surface area contributed by atoms with E-state index in [0.717, 1.165) is 58.0 Å². The first-order valence-corrected chi connectivity index (χ1v) is 24.2. The van der Waals surface area contributed by atoms with Gasteiger partial charge in [0.25, 0.3) is 0 Å². The van der Waals surface area contributed by atoms with E-state index < -0.39 is 0 Å². The first-order chi connectivity index (χ1) is 27.0. The minimum Gasteiger partial charge on any atom is -0.393 e. The highest BCUT2D eigenvalue weighted by Crippen LogP contribution is 2.69. The Labute approximate surface area is 344 Å².